The average Bonchev–Trinajstić information content (AvgIpc) is 2.44. The van der Waals surface area contributed by atoms with Crippen molar-refractivity contribution in [2.24, 2.45) is 5.41 Å². The summed E-state index contributed by atoms with van der Waals surface area (Å²) in [6, 6.07) is 6.28. The van der Waals surface area contributed by atoms with Gasteiger partial charge in [-0.25, -0.2) is 0 Å². The zero-order valence-corrected chi connectivity index (χ0v) is 16.0. The van der Waals surface area contributed by atoms with E-state index in [1.807, 2.05) is 0 Å². The van der Waals surface area contributed by atoms with Crippen LogP contribution >= 0.6 is 11.6 Å². The molecule has 0 aromatic heterocycles. The largest absolute Gasteiger partial charge is 0.489 e. The van der Waals surface area contributed by atoms with Gasteiger partial charge in [-0.3, -0.25) is 0 Å². The first-order chi connectivity index (χ1) is 10.3. The lowest BCUT2D eigenvalue weighted by atomic mass is 9.96. The molecular weight excluding hydrogens is 292 g/mol. The maximum absolute atomic E-state index is 5.73. The zero-order chi connectivity index (χ0) is 17.0. The molecule has 0 spiro atoms. The summed E-state index contributed by atoms with van der Waals surface area (Å²) in [4.78, 5) is 0. The molecule has 1 aromatic rings. The van der Waals surface area contributed by atoms with Gasteiger partial charge in [0.05, 0.1) is 0 Å². The first-order valence-electron chi connectivity index (χ1n) is 8.24. The lowest BCUT2D eigenvalue weighted by Gasteiger charge is -2.12. The van der Waals surface area contributed by atoms with Gasteiger partial charge < -0.3 is 4.74 Å². The summed E-state index contributed by atoms with van der Waals surface area (Å²) in [5.41, 5.74) is 2.65. The van der Waals surface area contributed by atoms with Crippen molar-refractivity contribution in [3.63, 3.8) is 0 Å². The second kappa shape index (κ2) is 11.6. The minimum Gasteiger partial charge on any atom is -0.489 e. The van der Waals surface area contributed by atoms with Crippen molar-refractivity contribution >= 4 is 11.6 Å². The molecule has 1 aromatic carbocycles. The maximum atomic E-state index is 5.73. The molecule has 0 aliphatic rings. The standard InChI is InChI=1S/C15H22O.C5H11Cl/c1-12-7-8-13(2)14(11-12)16-10-6-9-15(3,4)5;1-2-3-4-5-6/h6-9,11H,10H2,1-5H3;2-5H2,1H3. The highest BCUT2D eigenvalue weighted by molar-refractivity contribution is 6.17. The Bertz CT molecular complexity index is 426. The molecule has 1 nitrogen and oxygen atoms in total. The fourth-order valence-electron chi connectivity index (χ4n) is 1.75. The average molecular weight is 325 g/mol. The summed E-state index contributed by atoms with van der Waals surface area (Å²) >= 11 is 5.38. The quantitative estimate of drug-likeness (QED) is 0.321. The van der Waals surface area contributed by atoms with E-state index in [0.717, 1.165) is 11.6 Å². The molecule has 1 rings (SSSR count). The first kappa shape index (κ1) is 21.0. The van der Waals surface area contributed by atoms with Crippen LogP contribution in [0.3, 0.4) is 0 Å². The molecule has 22 heavy (non-hydrogen) atoms. The van der Waals surface area contributed by atoms with Crippen molar-refractivity contribution in [3.8, 4) is 5.75 Å². The monoisotopic (exact) mass is 324 g/mol. The fraction of sp³-hybridized carbons (Fsp3) is 0.600. The van der Waals surface area contributed by atoms with E-state index in [0.29, 0.717) is 6.61 Å². The minimum absolute atomic E-state index is 0.227. The van der Waals surface area contributed by atoms with Crippen LogP contribution in [-0.4, -0.2) is 12.5 Å². The Labute approximate surface area is 142 Å². The van der Waals surface area contributed by atoms with Gasteiger partial charge in [0.25, 0.3) is 0 Å². The van der Waals surface area contributed by atoms with Gasteiger partial charge in [-0.15, -0.1) is 11.6 Å². The van der Waals surface area contributed by atoms with E-state index in [-0.39, 0.29) is 5.41 Å². The molecule has 0 heterocycles. The predicted octanol–water partition coefficient (Wildman–Crippen LogP) is 6.70. The Hall–Kier alpha value is -0.950. The molecule has 0 amide bonds. The van der Waals surface area contributed by atoms with Crippen molar-refractivity contribution in [1.82, 2.24) is 0 Å². The molecule has 126 valence electrons. The number of benzene rings is 1. The third-order valence-corrected chi connectivity index (χ3v) is 3.30. The Kier molecular flexibility index (Phi) is 11.1. The number of halogens is 1. The van der Waals surface area contributed by atoms with Crippen LogP contribution in [0, 0.1) is 19.3 Å². The van der Waals surface area contributed by atoms with Crippen molar-refractivity contribution in [3.05, 3.63) is 41.5 Å². The van der Waals surface area contributed by atoms with Crippen LogP contribution in [-0.2, 0) is 0 Å². The van der Waals surface area contributed by atoms with Crippen molar-refractivity contribution in [1.29, 1.82) is 0 Å². The fourth-order valence-corrected chi connectivity index (χ4v) is 1.94. The molecule has 2 heteroatoms. The third kappa shape index (κ3) is 11.7. The molecule has 0 unspecified atom stereocenters. The Balaban J connectivity index is 0.000000626. The summed E-state index contributed by atoms with van der Waals surface area (Å²) < 4.78 is 5.73. The van der Waals surface area contributed by atoms with Crippen LogP contribution in [0.25, 0.3) is 0 Å². The molecule has 0 radical (unpaired) electrons. The highest BCUT2D eigenvalue weighted by atomic mass is 35.5. The van der Waals surface area contributed by atoms with Crippen molar-refractivity contribution < 1.29 is 4.74 Å². The summed E-state index contributed by atoms with van der Waals surface area (Å²) in [6.45, 7) is 13.5. The second-order valence-electron chi connectivity index (χ2n) is 6.74. The van der Waals surface area contributed by atoms with Gasteiger partial charge in [-0.1, -0.05) is 64.8 Å². The maximum Gasteiger partial charge on any atom is 0.122 e. The molecule has 0 bridgehead atoms. The number of hydrogen-bond donors (Lipinski definition) is 0. The van der Waals surface area contributed by atoms with Gasteiger partial charge in [0.2, 0.25) is 0 Å². The van der Waals surface area contributed by atoms with Gasteiger partial charge in [-0.05, 0) is 42.9 Å². The highest BCUT2D eigenvalue weighted by Crippen LogP contribution is 2.19. The van der Waals surface area contributed by atoms with E-state index in [9.17, 15) is 0 Å². The molecule has 0 fully saturated rings. The Morgan fingerprint density at radius 2 is 1.82 bits per heavy atom. The molecular formula is C20H33ClO. The van der Waals surface area contributed by atoms with Crippen molar-refractivity contribution in [2.75, 3.05) is 12.5 Å². The van der Waals surface area contributed by atoms with Crippen LogP contribution in [0.5, 0.6) is 5.75 Å². The zero-order valence-electron chi connectivity index (χ0n) is 15.2. The van der Waals surface area contributed by atoms with E-state index in [1.54, 1.807) is 0 Å². The van der Waals surface area contributed by atoms with Gasteiger partial charge in [-0.2, -0.15) is 0 Å². The normalized spacial score (nSPS) is 11.2. The molecule has 0 atom stereocenters. The topological polar surface area (TPSA) is 9.23 Å². The minimum atomic E-state index is 0.227. The number of aryl methyl sites for hydroxylation is 2. The predicted molar refractivity (Wildman–Crippen MR) is 100 cm³/mol. The lowest BCUT2D eigenvalue weighted by Crippen LogP contribution is -2.01. The van der Waals surface area contributed by atoms with Crippen LogP contribution in [0.15, 0.2) is 30.4 Å². The lowest BCUT2D eigenvalue weighted by molar-refractivity contribution is 0.357. The molecule has 0 saturated carbocycles. The van der Waals surface area contributed by atoms with Gasteiger partial charge in [0.15, 0.2) is 0 Å². The van der Waals surface area contributed by atoms with Crippen molar-refractivity contribution in [2.45, 2.75) is 60.8 Å². The van der Waals surface area contributed by atoms with Gasteiger partial charge in [0, 0.05) is 5.88 Å². The Morgan fingerprint density at radius 3 is 2.32 bits per heavy atom. The van der Waals surface area contributed by atoms with Crippen LogP contribution < -0.4 is 4.74 Å². The SMILES string of the molecule is CCCCCCl.Cc1ccc(C)c(OCC=CC(C)(C)C)c1. The number of unbranched alkanes of at least 4 members (excludes halogenated alkanes) is 2. The summed E-state index contributed by atoms with van der Waals surface area (Å²) in [6.07, 6.45) is 7.99. The van der Waals surface area contributed by atoms with E-state index >= 15 is 0 Å². The summed E-state index contributed by atoms with van der Waals surface area (Å²) in [7, 11) is 0. The van der Waals surface area contributed by atoms with Crippen LogP contribution in [0.2, 0.25) is 0 Å². The smallest absolute Gasteiger partial charge is 0.122 e. The molecule has 0 saturated heterocycles. The highest BCUT2D eigenvalue weighted by Gasteiger charge is 2.03. The van der Waals surface area contributed by atoms with Crippen LogP contribution in [0.1, 0.15) is 58.1 Å². The second-order valence-corrected chi connectivity index (χ2v) is 7.12. The van der Waals surface area contributed by atoms with Gasteiger partial charge in [0.1, 0.15) is 12.4 Å². The molecule has 0 N–H and O–H groups in total. The molecule has 0 aliphatic heterocycles. The van der Waals surface area contributed by atoms with E-state index in [1.165, 1.54) is 30.4 Å². The summed E-state index contributed by atoms with van der Waals surface area (Å²) in [5.74, 6) is 1.81. The summed E-state index contributed by atoms with van der Waals surface area (Å²) in [5, 5.41) is 0. The van der Waals surface area contributed by atoms with E-state index < -0.39 is 0 Å². The van der Waals surface area contributed by atoms with E-state index in [2.05, 4.69) is 71.9 Å². The Morgan fingerprint density at radius 1 is 1.14 bits per heavy atom. The van der Waals surface area contributed by atoms with Crippen LogP contribution in [0.4, 0.5) is 0 Å². The van der Waals surface area contributed by atoms with E-state index in [4.69, 9.17) is 16.3 Å². The first-order valence-corrected chi connectivity index (χ1v) is 8.77. The number of alkyl halides is 1. The number of ether oxygens (including phenoxy) is 1. The van der Waals surface area contributed by atoms with Gasteiger partial charge >= 0.3 is 0 Å². The number of hydrogen-bond acceptors (Lipinski definition) is 1. The number of allylic oxidation sites excluding steroid dienone is 1. The third-order valence-electron chi connectivity index (χ3n) is 3.03. The number of rotatable bonds is 6. The molecule has 0 aliphatic carbocycles.